The first kappa shape index (κ1) is 19.1. The van der Waals surface area contributed by atoms with E-state index in [-0.39, 0.29) is 18.2 Å². The van der Waals surface area contributed by atoms with Gasteiger partial charge in [0.1, 0.15) is 0 Å². The first-order valence-electron chi connectivity index (χ1n) is 9.05. The van der Waals surface area contributed by atoms with Crippen molar-refractivity contribution < 1.29 is 8.42 Å². The van der Waals surface area contributed by atoms with Gasteiger partial charge in [0.15, 0.2) is 0 Å². The number of benzene rings is 2. The number of hydrogen-bond acceptors (Lipinski definition) is 3. The summed E-state index contributed by atoms with van der Waals surface area (Å²) in [7, 11) is -3.41. The lowest BCUT2D eigenvalue weighted by Crippen LogP contribution is -2.32. The first-order valence-corrected chi connectivity index (χ1v) is 10.7. The molecule has 1 unspecified atom stereocenters. The maximum absolute atomic E-state index is 12.8. The highest BCUT2D eigenvalue weighted by Gasteiger charge is 2.22. The van der Waals surface area contributed by atoms with Crippen LogP contribution in [0.3, 0.4) is 0 Å². The molecular weight excluding hydrogens is 356 g/mol. The van der Waals surface area contributed by atoms with Gasteiger partial charge in [-0.25, -0.2) is 8.42 Å². The van der Waals surface area contributed by atoms with E-state index in [1.807, 2.05) is 54.6 Å². The molecule has 1 atom stereocenters. The van der Waals surface area contributed by atoms with Crippen LogP contribution in [0.5, 0.6) is 0 Å². The zero-order valence-corrected chi connectivity index (χ0v) is 16.4. The van der Waals surface area contributed by atoms with Crippen LogP contribution in [0.15, 0.2) is 79.1 Å². The number of nitrogens with zero attached hydrogens (tertiary/aromatic N) is 2. The normalized spacial score (nSPS) is 12.5. The number of pyridine rings is 1. The minimum Gasteiger partial charge on any atom is -0.266 e. The second-order valence-electron chi connectivity index (χ2n) is 6.50. The fourth-order valence-corrected chi connectivity index (χ4v) is 4.14. The Balaban J connectivity index is 1.98. The van der Waals surface area contributed by atoms with E-state index in [2.05, 4.69) is 24.0 Å². The van der Waals surface area contributed by atoms with Gasteiger partial charge in [0.2, 0.25) is 10.0 Å². The van der Waals surface area contributed by atoms with Crippen LogP contribution >= 0.6 is 0 Å². The summed E-state index contributed by atoms with van der Waals surface area (Å²) in [6.45, 7) is 4.07. The van der Waals surface area contributed by atoms with Crippen molar-refractivity contribution in [1.29, 1.82) is 0 Å². The molecule has 0 aliphatic heterocycles. The van der Waals surface area contributed by atoms with Gasteiger partial charge in [-0.05, 0) is 41.8 Å². The van der Waals surface area contributed by atoms with Crippen molar-refractivity contribution in [2.24, 2.45) is 0 Å². The lowest BCUT2D eigenvalue weighted by Gasteiger charge is -2.25. The van der Waals surface area contributed by atoms with Gasteiger partial charge in [-0.3, -0.25) is 9.29 Å². The third-order valence-corrected chi connectivity index (χ3v) is 6.45. The van der Waals surface area contributed by atoms with Gasteiger partial charge in [0.05, 0.1) is 18.0 Å². The lowest BCUT2D eigenvalue weighted by atomic mass is 9.93. The Morgan fingerprint density at radius 2 is 1.70 bits per heavy atom. The highest BCUT2D eigenvalue weighted by molar-refractivity contribution is 7.92. The molecule has 0 spiro atoms. The Hall–Kier alpha value is -2.66. The van der Waals surface area contributed by atoms with E-state index in [1.54, 1.807) is 19.3 Å². The number of hydrogen-bond donors (Lipinski definition) is 0. The Morgan fingerprint density at radius 3 is 2.37 bits per heavy atom. The summed E-state index contributed by atoms with van der Waals surface area (Å²) >= 11 is 0. The van der Waals surface area contributed by atoms with Crippen LogP contribution in [0.2, 0.25) is 0 Å². The molecule has 0 bridgehead atoms. The number of sulfonamides is 1. The van der Waals surface area contributed by atoms with Crippen molar-refractivity contribution >= 4 is 15.7 Å². The van der Waals surface area contributed by atoms with Crippen LogP contribution in [0, 0.1) is 0 Å². The van der Waals surface area contributed by atoms with Gasteiger partial charge in [-0.2, -0.15) is 0 Å². The van der Waals surface area contributed by atoms with Crippen LogP contribution in [0.25, 0.3) is 0 Å². The molecule has 0 saturated carbocycles. The monoisotopic (exact) mass is 380 g/mol. The highest BCUT2D eigenvalue weighted by Crippen LogP contribution is 2.29. The lowest BCUT2D eigenvalue weighted by molar-refractivity contribution is 0.591. The van der Waals surface area contributed by atoms with Gasteiger partial charge in [0, 0.05) is 18.3 Å². The van der Waals surface area contributed by atoms with Crippen molar-refractivity contribution in [2.45, 2.75) is 26.3 Å². The van der Waals surface area contributed by atoms with Crippen molar-refractivity contribution in [1.82, 2.24) is 4.98 Å². The molecule has 0 aliphatic rings. The first-order chi connectivity index (χ1) is 13.0. The van der Waals surface area contributed by atoms with E-state index in [4.69, 9.17) is 0 Å². The molecule has 0 aliphatic carbocycles. The SMILES string of the molecule is CCS(=O)(=O)N(Cc1cccnc1)c1cccc(C(C)c2ccccc2)c1. The molecule has 140 valence electrons. The van der Waals surface area contributed by atoms with Gasteiger partial charge in [-0.15, -0.1) is 0 Å². The zero-order valence-electron chi connectivity index (χ0n) is 15.6. The minimum atomic E-state index is -3.41. The van der Waals surface area contributed by atoms with E-state index >= 15 is 0 Å². The minimum absolute atomic E-state index is 0.0473. The Labute approximate surface area is 161 Å². The van der Waals surface area contributed by atoms with Crippen molar-refractivity contribution in [3.05, 3.63) is 95.8 Å². The molecular formula is C22H24N2O2S. The zero-order chi connectivity index (χ0) is 19.3. The third-order valence-electron chi connectivity index (χ3n) is 4.71. The molecule has 0 fully saturated rings. The van der Waals surface area contributed by atoms with Crippen LogP contribution < -0.4 is 4.31 Å². The quantitative estimate of drug-likeness (QED) is 0.602. The second-order valence-corrected chi connectivity index (χ2v) is 8.68. The standard InChI is InChI=1S/C22H24N2O2S/c1-3-27(25,26)24(17-19-9-8-14-23-16-19)22-13-7-12-21(15-22)18(2)20-10-5-4-6-11-20/h4-16,18H,3,17H2,1-2H3. The number of anilines is 1. The number of aromatic nitrogens is 1. The molecule has 3 aromatic rings. The summed E-state index contributed by atoms with van der Waals surface area (Å²) in [5.74, 6) is 0.224. The van der Waals surface area contributed by atoms with E-state index in [0.29, 0.717) is 5.69 Å². The molecule has 2 aromatic carbocycles. The Morgan fingerprint density at radius 1 is 0.963 bits per heavy atom. The average molecular weight is 381 g/mol. The van der Waals surface area contributed by atoms with E-state index in [9.17, 15) is 8.42 Å². The largest absolute Gasteiger partial charge is 0.266 e. The molecule has 0 radical (unpaired) electrons. The smallest absolute Gasteiger partial charge is 0.235 e. The molecule has 1 aromatic heterocycles. The molecule has 0 amide bonds. The fourth-order valence-electron chi connectivity index (χ4n) is 3.05. The van der Waals surface area contributed by atoms with Crippen LogP contribution in [-0.2, 0) is 16.6 Å². The third kappa shape index (κ3) is 4.55. The highest BCUT2D eigenvalue weighted by atomic mass is 32.2. The van der Waals surface area contributed by atoms with E-state index in [1.165, 1.54) is 9.87 Å². The van der Waals surface area contributed by atoms with Crippen molar-refractivity contribution in [3.8, 4) is 0 Å². The molecule has 4 nitrogen and oxygen atoms in total. The fraction of sp³-hybridized carbons (Fsp3) is 0.227. The number of rotatable bonds is 7. The van der Waals surface area contributed by atoms with Crippen LogP contribution in [0.4, 0.5) is 5.69 Å². The summed E-state index contributed by atoms with van der Waals surface area (Å²) in [5.41, 5.74) is 3.82. The summed E-state index contributed by atoms with van der Waals surface area (Å²) in [6.07, 6.45) is 3.39. The average Bonchev–Trinajstić information content (AvgIpc) is 2.73. The van der Waals surface area contributed by atoms with Crippen LogP contribution in [0.1, 0.15) is 36.5 Å². The second kappa shape index (κ2) is 8.35. The Kier molecular flexibility index (Phi) is 5.91. The molecule has 3 rings (SSSR count). The van der Waals surface area contributed by atoms with Gasteiger partial charge >= 0.3 is 0 Å². The van der Waals surface area contributed by atoms with E-state index in [0.717, 1.165) is 11.1 Å². The predicted octanol–water partition coefficient (Wildman–Crippen LogP) is 4.59. The molecule has 5 heteroatoms. The van der Waals surface area contributed by atoms with E-state index < -0.39 is 10.0 Å². The van der Waals surface area contributed by atoms with Gasteiger partial charge in [0.25, 0.3) is 0 Å². The van der Waals surface area contributed by atoms with Gasteiger partial charge < -0.3 is 0 Å². The molecule has 0 N–H and O–H groups in total. The summed E-state index contributed by atoms with van der Waals surface area (Å²) < 4.78 is 27.0. The topological polar surface area (TPSA) is 50.3 Å². The van der Waals surface area contributed by atoms with Crippen LogP contribution in [-0.4, -0.2) is 19.2 Å². The molecule has 1 heterocycles. The van der Waals surface area contributed by atoms with Crippen molar-refractivity contribution in [3.63, 3.8) is 0 Å². The maximum Gasteiger partial charge on any atom is 0.235 e. The van der Waals surface area contributed by atoms with Crippen molar-refractivity contribution in [2.75, 3.05) is 10.1 Å². The molecule has 27 heavy (non-hydrogen) atoms. The summed E-state index contributed by atoms with van der Waals surface area (Å²) in [6, 6.07) is 21.7. The molecule has 0 saturated heterocycles. The van der Waals surface area contributed by atoms with Gasteiger partial charge in [-0.1, -0.05) is 55.5 Å². The summed E-state index contributed by atoms with van der Waals surface area (Å²) in [4.78, 5) is 4.10. The predicted molar refractivity (Wildman–Crippen MR) is 110 cm³/mol. The maximum atomic E-state index is 12.8. The Bertz CT molecular complexity index is 973. The summed E-state index contributed by atoms with van der Waals surface area (Å²) in [5, 5.41) is 0.